The lowest BCUT2D eigenvalue weighted by molar-refractivity contribution is 1.10. The predicted molar refractivity (Wildman–Crippen MR) is 69.9 cm³/mol. The first-order chi connectivity index (χ1) is 7.72. The number of benzene rings is 1. The molecule has 2 aromatic rings. The van der Waals surface area contributed by atoms with Crippen LogP contribution in [-0.4, -0.2) is 10.2 Å². The molecule has 0 unspecified atom stereocenters. The van der Waals surface area contributed by atoms with Gasteiger partial charge >= 0.3 is 0 Å². The highest BCUT2D eigenvalue weighted by Crippen LogP contribution is 2.27. The number of hydrogen-bond donors (Lipinski definition) is 2. The number of nitrogens with one attached hydrogen (secondary N) is 1. The van der Waals surface area contributed by atoms with Crippen molar-refractivity contribution in [3.05, 3.63) is 52.1 Å². The van der Waals surface area contributed by atoms with Crippen LogP contribution in [0.2, 0.25) is 0 Å². The smallest absolute Gasteiger partial charge is 0.126 e. The quantitative estimate of drug-likeness (QED) is 0.886. The van der Waals surface area contributed by atoms with Crippen LogP contribution in [0.15, 0.2) is 41.0 Å². The second-order valence-electron chi connectivity index (χ2n) is 3.41. The summed E-state index contributed by atoms with van der Waals surface area (Å²) in [6.07, 6.45) is 3.77. The van der Waals surface area contributed by atoms with E-state index in [1.165, 1.54) is 0 Å². The molecular formula is C12H12BrN3. The minimum absolute atomic E-state index is 0.591. The Balaban J connectivity index is 2.50. The van der Waals surface area contributed by atoms with Crippen molar-refractivity contribution in [3.63, 3.8) is 0 Å². The first-order valence-corrected chi connectivity index (χ1v) is 5.73. The number of allylic oxidation sites excluding steroid dienone is 1. The summed E-state index contributed by atoms with van der Waals surface area (Å²) in [7, 11) is 0. The number of H-pyrrole nitrogens is 1. The van der Waals surface area contributed by atoms with Crippen LogP contribution in [0.1, 0.15) is 18.1 Å². The molecule has 0 radical (unpaired) electrons. The molecule has 0 bridgehead atoms. The zero-order valence-corrected chi connectivity index (χ0v) is 10.5. The van der Waals surface area contributed by atoms with Gasteiger partial charge in [-0.25, -0.2) is 0 Å². The van der Waals surface area contributed by atoms with Gasteiger partial charge in [-0.3, -0.25) is 5.10 Å². The number of anilines is 1. The van der Waals surface area contributed by atoms with Crippen LogP contribution in [0.25, 0.3) is 5.57 Å². The highest BCUT2D eigenvalue weighted by Gasteiger charge is 2.09. The van der Waals surface area contributed by atoms with Gasteiger partial charge in [0.2, 0.25) is 0 Å². The van der Waals surface area contributed by atoms with E-state index in [9.17, 15) is 0 Å². The van der Waals surface area contributed by atoms with Gasteiger partial charge in [0.25, 0.3) is 0 Å². The van der Waals surface area contributed by atoms with Crippen molar-refractivity contribution in [2.24, 2.45) is 0 Å². The molecule has 0 saturated carbocycles. The lowest BCUT2D eigenvalue weighted by atomic mass is 10.00. The maximum Gasteiger partial charge on any atom is 0.126 e. The molecule has 82 valence electrons. The van der Waals surface area contributed by atoms with Gasteiger partial charge in [-0.15, -0.1) is 0 Å². The minimum Gasteiger partial charge on any atom is -0.384 e. The first kappa shape index (κ1) is 11.0. The summed E-state index contributed by atoms with van der Waals surface area (Å²) < 4.78 is 1.05. The van der Waals surface area contributed by atoms with Gasteiger partial charge < -0.3 is 5.73 Å². The van der Waals surface area contributed by atoms with Crippen molar-refractivity contribution in [2.75, 3.05) is 5.73 Å². The zero-order valence-electron chi connectivity index (χ0n) is 8.87. The molecule has 0 aliphatic rings. The van der Waals surface area contributed by atoms with Crippen LogP contribution in [0, 0.1) is 0 Å². The van der Waals surface area contributed by atoms with E-state index in [0.717, 1.165) is 21.2 Å². The van der Waals surface area contributed by atoms with Gasteiger partial charge in [-0.05, 0) is 30.2 Å². The number of aromatic nitrogens is 2. The molecule has 0 saturated heterocycles. The van der Waals surface area contributed by atoms with Crippen molar-refractivity contribution in [3.8, 4) is 0 Å². The zero-order chi connectivity index (χ0) is 11.5. The summed E-state index contributed by atoms with van der Waals surface area (Å²) in [4.78, 5) is 0. The van der Waals surface area contributed by atoms with Gasteiger partial charge in [0.1, 0.15) is 5.82 Å². The first-order valence-electron chi connectivity index (χ1n) is 4.94. The van der Waals surface area contributed by atoms with Crippen molar-refractivity contribution in [1.29, 1.82) is 0 Å². The summed E-state index contributed by atoms with van der Waals surface area (Å²) >= 11 is 3.46. The Kier molecular flexibility index (Phi) is 3.10. The second-order valence-corrected chi connectivity index (χ2v) is 4.33. The molecule has 1 aromatic heterocycles. The Labute approximate surface area is 102 Å². The number of rotatable bonds is 2. The van der Waals surface area contributed by atoms with Gasteiger partial charge in [0, 0.05) is 10.0 Å². The van der Waals surface area contributed by atoms with E-state index in [-0.39, 0.29) is 0 Å². The number of nitrogen functional groups attached to an aromatic ring is 1. The van der Waals surface area contributed by atoms with E-state index >= 15 is 0 Å². The molecule has 0 amide bonds. The van der Waals surface area contributed by atoms with E-state index < -0.39 is 0 Å². The molecule has 0 aliphatic heterocycles. The lowest BCUT2D eigenvalue weighted by Crippen LogP contribution is -1.92. The van der Waals surface area contributed by atoms with E-state index in [0.29, 0.717) is 5.82 Å². The standard InChI is InChI=1S/C12H12BrN3/c1-2-10(11-7-15-16-12(11)14)8-4-3-5-9(13)6-8/h2-7H,1H3,(H3,14,15,16)/b10-2-. The van der Waals surface area contributed by atoms with Gasteiger partial charge in [0.05, 0.1) is 6.20 Å². The monoisotopic (exact) mass is 277 g/mol. The Hall–Kier alpha value is -1.55. The third-order valence-corrected chi connectivity index (χ3v) is 2.88. The van der Waals surface area contributed by atoms with Crippen LogP contribution in [0.5, 0.6) is 0 Å². The second kappa shape index (κ2) is 4.53. The van der Waals surface area contributed by atoms with Crippen molar-refractivity contribution in [1.82, 2.24) is 10.2 Å². The van der Waals surface area contributed by atoms with Gasteiger partial charge in [-0.2, -0.15) is 5.10 Å². The maximum absolute atomic E-state index is 5.82. The van der Waals surface area contributed by atoms with Gasteiger partial charge in [0.15, 0.2) is 0 Å². The summed E-state index contributed by atoms with van der Waals surface area (Å²) in [6, 6.07) is 8.10. The van der Waals surface area contributed by atoms with E-state index in [1.807, 2.05) is 31.2 Å². The Morgan fingerprint density at radius 2 is 2.31 bits per heavy atom. The maximum atomic E-state index is 5.82. The third-order valence-electron chi connectivity index (χ3n) is 2.38. The molecule has 3 nitrogen and oxygen atoms in total. The molecule has 0 fully saturated rings. The van der Waals surface area contributed by atoms with Crippen molar-refractivity contribution >= 4 is 27.3 Å². The average molecular weight is 278 g/mol. The molecule has 2 rings (SSSR count). The van der Waals surface area contributed by atoms with E-state index in [4.69, 9.17) is 5.73 Å². The largest absolute Gasteiger partial charge is 0.384 e. The molecule has 1 aromatic carbocycles. The third kappa shape index (κ3) is 2.02. The Bertz CT molecular complexity index is 529. The molecule has 0 aliphatic carbocycles. The topological polar surface area (TPSA) is 54.7 Å². The fraction of sp³-hybridized carbons (Fsp3) is 0.0833. The predicted octanol–water partition coefficient (Wildman–Crippen LogP) is 3.21. The number of nitrogens with zero attached hydrogens (tertiary/aromatic N) is 1. The van der Waals surface area contributed by atoms with Crippen LogP contribution in [0.3, 0.4) is 0 Å². The summed E-state index contributed by atoms with van der Waals surface area (Å²) in [5, 5.41) is 6.68. The van der Waals surface area contributed by atoms with E-state index in [1.54, 1.807) is 6.20 Å². The number of halogens is 1. The fourth-order valence-electron chi connectivity index (χ4n) is 1.64. The number of nitrogens with two attached hydrogens (primary N) is 1. The van der Waals surface area contributed by atoms with Gasteiger partial charge in [-0.1, -0.05) is 34.1 Å². The SMILES string of the molecule is C/C=C(/c1cccc(Br)c1)c1cn[nH]c1N. The van der Waals surface area contributed by atoms with Crippen LogP contribution < -0.4 is 5.73 Å². The fourth-order valence-corrected chi connectivity index (χ4v) is 2.04. The van der Waals surface area contributed by atoms with Crippen molar-refractivity contribution in [2.45, 2.75) is 6.92 Å². The molecular weight excluding hydrogens is 266 g/mol. The van der Waals surface area contributed by atoms with Crippen molar-refractivity contribution < 1.29 is 0 Å². The normalized spacial score (nSPS) is 11.8. The number of hydrogen-bond acceptors (Lipinski definition) is 2. The molecule has 0 atom stereocenters. The van der Waals surface area contributed by atoms with Crippen LogP contribution in [0.4, 0.5) is 5.82 Å². The van der Waals surface area contributed by atoms with E-state index in [2.05, 4.69) is 32.2 Å². The molecule has 4 heteroatoms. The summed E-state index contributed by atoms with van der Waals surface area (Å²) in [6.45, 7) is 1.99. The Morgan fingerprint density at radius 1 is 1.50 bits per heavy atom. The lowest BCUT2D eigenvalue weighted by Gasteiger charge is -2.06. The van der Waals surface area contributed by atoms with Crippen LogP contribution >= 0.6 is 15.9 Å². The summed E-state index contributed by atoms with van der Waals surface area (Å²) in [5.74, 6) is 0.591. The molecule has 16 heavy (non-hydrogen) atoms. The summed E-state index contributed by atoms with van der Waals surface area (Å²) in [5.41, 5.74) is 8.95. The number of aromatic amines is 1. The minimum atomic E-state index is 0.591. The molecule has 3 N–H and O–H groups in total. The highest BCUT2D eigenvalue weighted by molar-refractivity contribution is 9.10. The molecule has 1 heterocycles. The Morgan fingerprint density at radius 3 is 2.88 bits per heavy atom. The average Bonchev–Trinajstić information content (AvgIpc) is 2.67. The van der Waals surface area contributed by atoms with Crippen LogP contribution in [-0.2, 0) is 0 Å². The highest BCUT2D eigenvalue weighted by atomic mass is 79.9. The molecule has 0 spiro atoms.